The highest BCUT2D eigenvalue weighted by molar-refractivity contribution is 5.85. The third-order valence-corrected chi connectivity index (χ3v) is 5.25. The van der Waals surface area contributed by atoms with Gasteiger partial charge in [-0.15, -0.1) is 0 Å². The zero-order valence-corrected chi connectivity index (χ0v) is 18.5. The quantitative estimate of drug-likeness (QED) is 0.506. The number of ether oxygens (including phenoxy) is 1. The first-order chi connectivity index (χ1) is 14.5. The molecule has 2 rings (SSSR count). The van der Waals surface area contributed by atoms with Crippen molar-refractivity contribution in [2.24, 2.45) is 7.05 Å². The number of aromatic nitrogens is 1. The normalized spacial score (nSPS) is 10.8. The molecule has 0 radical (unpaired) electrons. The van der Waals surface area contributed by atoms with Gasteiger partial charge in [-0.05, 0) is 30.5 Å². The molecule has 2 amide bonds. The Morgan fingerprint density at radius 1 is 1.00 bits per heavy atom. The smallest absolute Gasteiger partial charge is 0.242 e. The molecule has 0 bridgehead atoms. The van der Waals surface area contributed by atoms with E-state index < -0.39 is 0 Å². The number of amides is 2. The predicted octanol–water partition coefficient (Wildman–Crippen LogP) is 3.26. The summed E-state index contributed by atoms with van der Waals surface area (Å²) < 4.78 is 7.20. The number of methoxy groups -OCH3 is 1. The first kappa shape index (κ1) is 23.7. The van der Waals surface area contributed by atoms with Crippen molar-refractivity contribution in [1.29, 1.82) is 0 Å². The topological polar surface area (TPSA) is 54.8 Å². The van der Waals surface area contributed by atoms with Gasteiger partial charge in [0, 0.05) is 45.6 Å². The van der Waals surface area contributed by atoms with Crippen LogP contribution in [0.25, 0.3) is 0 Å². The van der Waals surface area contributed by atoms with Crippen LogP contribution in [0, 0.1) is 0 Å². The zero-order valence-electron chi connectivity index (χ0n) is 18.5. The van der Waals surface area contributed by atoms with Crippen LogP contribution in [-0.2, 0) is 34.3 Å². The maximum absolute atomic E-state index is 13.1. The Balaban J connectivity index is 2.02. The number of carbonyl (C=O) groups excluding carboxylic acids is 2. The number of benzene rings is 1. The van der Waals surface area contributed by atoms with Gasteiger partial charge in [0.15, 0.2) is 0 Å². The van der Waals surface area contributed by atoms with Crippen molar-refractivity contribution in [2.45, 2.75) is 39.2 Å². The van der Waals surface area contributed by atoms with Crippen LogP contribution in [0.4, 0.5) is 0 Å². The van der Waals surface area contributed by atoms with Crippen molar-refractivity contribution >= 4 is 11.8 Å². The van der Waals surface area contributed by atoms with E-state index in [2.05, 4.69) is 6.92 Å². The Morgan fingerprint density at radius 3 is 2.40 bits per heavy atom. The van der Waals surface area contributed by atoms with Crippen LogP contribution < -0.4 is 0 Å². The maximum Gasteiger partial charge on any atom is 0.242 e. The summed E-state index contributed by atoms with van der Waals surface area (Å²) in [5.74, 6) is -0.0348. The van der Waals surface area contributed by atoms with Crippen LogP contribution in [0.2, 0.25) is 0 Å². The molecule has 0 saturated carbocycles. The lowest BCUT2D eigenvalue weighted by Crippen LogP contribution is -2.44. The molecule has 1 heterocycles. The molecule has 0 aliphatic carbocycles. The Morgan fingerprint density at radius 2 is 1.77 bits per heavy atom. The van der Waals surface area contributed by atoms with Crippen LogP contribution >= 0.6 is 0 Å². The lowest BCUT2D eigenvalue weighted by molar-refractivity contribution is -0.141. The first-order valence-electron chi connectivity index (χ1n) is 10.7. The number of hydrogen-bond acceptors (Lipinski definition) is 3. The third-order valence-electron chi connectivity index (χ3n) is 5.25. The molecule has 1 aromatic carbocycles. The van der Waals surface area contributed by atoms with Gasteiger partial charge in [0.2, 0.25) is 11.8 Å². The standard InChI is InChI=1S/C24H35N3O3/c1-4-5-16-26(19-22-12-9-15-25(22)2)24(29)20-27(17-18-30-3)23(28)14-13-21-10-7-6-8-11-21/h6-12,15H,4-5,13-14,16-20H2,1-3H3. The van der Waals surface area contributed by atoms with Crippen molar-refractivity contribution < 1.29 is 14.3 Å². The highest BCUT2D eigenvalue weighted by Gasteiger charge is 2.21. The summed E-state index contributed by atoms with van der Waals surface area (Å²) in [4.78, 5) is 29.5. The third kappa shape index (κ3) is 7.67. The molecular formula is C24H35N3O3. The lowest BCUT2D eigenvalue weighted by Gasteiger charge is -2.28. The van der Waals surface area contributed by atoms with Gasteiger partial charge in [0.05, 0.1) is 19.7 Å². The number of carbonyl (C=O) groups is 2. The van der Waals surface area contributed by atoms with Crippen LogP contribution in [0.1, 0.15) is 37.4 Å². The number of unbranched alkanes of at least 4 members (excludes halogenated alkanes) is 1. The molecule has 0 unspecified atom stereocenters. The number of rotatable bonds is 13. The summed E-state index contributed by atoms with van der Waals surface area (Å²) in [6.07, 6.45) is 4.99. The zero-order chi connectivity index (χ0) is 21.8. The Bertz CT molecular complexity index is 773. The highest BCUT2D eigenvalue weighted by atomic mass is 16.5. The highest BCUT2D eigenvalue weighted by Crippen LogP contribution is 2.10. The van der Waals surface area contributed by atoms with E-state index in [4.69, 9.17) is 4.74 Å². The molecule has 0 aliphatic heterocycles. The van der Waals surface area contributed by atoms with Gasteiger partial charge in [-0.3, -0.25) is 9.59 Å². The molecule has 0 atom stereocenters. The molecule has 0 saturated heterocycles. The SMILES string of the molecule is CCCCN(Cc1cccn1C)C(=O)CN(CCOC)C(=O)CCc1ccccc1. The molecule has 30 heavy (non-hydrogen) atoms. The van der Waals surface area contributed by atoms with Crippen molar-refractivity contribution in [3.05, 3.63) is 59.9 Å². The molecule has 0 aliphatic rings. The van der Waals surface area contributed by atoms with E-state index in [0.717, 1.165) is 24.1 Å². The summed E-state index contributed by atoms with van der Waals surface area (Å²) in [5.41, 5.74) is 2.20. The Kier molecular flexibility index (Phi) is 10.1. The lowest BCUT2D eigenvalue weighted by atomic mass is 10.1. The van der Waals surface area contributed by atoms with Crippen LogP contribution in [-0.4, -0.2) is 59.5 Å². The number of nitrogens with zero attached hydrogens (tertiary/aromatic N) is 3. The molecule has 0 N–H and O–H groups in total. The summed E-state index contributed by atoms with van der Waals surface area (Å²) >= 11 is 0. The Hall–Kier alpha value is -2.60. The van der Waals surface area contributed by atoms with E-state index in [1.54, 1.807) is 12.0 Å². The van der Waals surface area contributed by atoms with E-state index >= 15 is 0 Å². The molecular weight excluding hydrogens is 378 g/mol. The summed E-state index contributed by atoms with van der Waals surface area (Å²) in [6, 6.07) is 14.0. The molecule has 0 fully saturated rings. The van der Waals surface area contributed by atoms with Gasteiger partial charge >= 0.3 is 0 Å². The van der Waals surface area contributed by atoms with Gasteiger partial charge in [-0.2, -0.15) is 0 Å². The van der Waals surface area contributed by atoms with Gasteiger partial charge < -0.3 is 19.1 Å². The molecule has 164 valence electrons. The van der Waals surface area contributed by atoms with Crippen LogP contribution in [0.15, 0.2) is 48.7 Å². The van der Waals surface area contributed by atoms with Crippen molar-refractivity contribution in [3.8, 4) is 0 Å². The Labute approximate surface area is 180 Å². The van der Waals surface area contributed by atoms with E-state index in [1.807, 2.05) is 65.2 Å². The second kappa shape index (κ2) is 12.9. The van der Waals surface area contributed by atoms with Crippen molar-refractivity contribution in [3.63, 3.8) is 0 Å². The van der Waals surface area contributed by atoms with Crippen molar-refractivity contribution in [2.75, 3.05) is 33.4 Å². The molecule has 1 aromatic heterocycles. The van der Waals surface area contributed by atoms with Crippen molar-refractivity contribution in [1.82, 2.24) is 14.4 Å². The maximum atomic E-state index is 13.1. The average molecular weight is 414 g/mol. The molecule has 6 heteroatoms. The fraction of sp³-hybridized carbons (Fsp3) is 0.500. The van der Waals surface area contributed by atoms with E-state index in [9.17, 15) is 9.59 Å². The van der Waals surface area contributed by atoms with Gasteiger partial charge in [0.1, 0.15) is 0 Å². The molecule has 0 spiro atoms. The fourth-order valence-corrected chi connectivity index (χ4v) is 3.31. The van der Waals surface area contributed by atoms with Crippen LogP contribution in [0.5, 0.6) is 0 Å². The van der Waals surface area contributed by atoms with E-state index in [-0.39, 0.29) is 18.4 Å². The average Bonchev–Trinajstić information content (AvgIpc) is 3.17. The van der Waals surface area contributed by atoms with Gasteiger partial charge in [-0.1, -0.05) is 43.7 Å². The minimum Gasteiger partial charge on any atom is -0.383 e. The molecule has 6 nitrogen and oxygen atoms in total. The number of aryl methyl sites for hydroxylation is 2. The van der Waals surface area contributed by atoms with Crippen LogP contribution in [0.3, 0.4) is 0 Å². The van der Waals surface area contributed by atoms with Gasteiger partial charge in [-0.25, -0.2) is 0 Å². The summed E-state index contributed by atoms with van der Waals surface area (Å²) in [6.45, 7) is 4.28. The van der Waals surface area contributed by atoms with E-state index in [0.29, 0.717) is 39.1 Å². The monoisotopic (exact) mass is 413 g/mol. The number of hydrogen-bond donors (Lipinski definition) is 0. The minimum absolute atomic E-state index is 0.0152. The predicted molar refractivity (Wildman–Crippen MR) is 119 cm³/mol. The first-order valence-corrected chi connectivity index (χ1v) is 10.7. The minimum atomic E-state index is -0.0196. The fourth-order valence-electron chi connectivity index (χ4n) is 3.31. The van der Waals surface area contributed by atoms with Gasteiger partial charge in [0.25, 0.3) is 0 Å². The van der Waals surface area contributed by atoms with E-state index in [1.165, 1.54) is 0 Å². The largest absolute Gasteiger partial charge is 0.383 e. The summed E-state index contributed by atoms with van der Waals surface area (Å²) in [5, 5.41) is 0. The molecule has 2 aromatic rings. The second-order valence-electron chi connectivity index (χ2n) is 7.57. The summed E-state index contributed by atoms with van der Waals surface area (Å²) in [7, 11) is 3.59. The second-order valence-corrected chi connectivity index (χ2v) is 7.57.